The van der Waals surface area contributed by atoms with Crippen molar-refractivity contribution in [2.75, 3.05) is 6.54 Å². The Hall–Kier alpha value is -1.81. The SMILES string of the molecule is CCNC(=O)[C@H](C)OC(=O)/C=C/c1ccc(C)c(Cl)c1. The Labute approximate surface area is 123 Å². The second-order valence-electron chi connectivity index (χ2n) is 4.32. The van der Waals surface area contributed by atoms with Crippen molar-refractivity contribution in [1.29, 1.82) is 0 Å². The zero-order chi connectivity index (χ0) is 15.1. The zero-order valence-electron chi connectivity index (χ0n) is 11.8. The summed E-state index contributed by atoms with van der Waals surface area (Å²) in [6.07, 6.45) is 2.06. The number of hydrogen-bond donors (Lipinski definition) is 1. The fourth-order valence-corrected chi connectivity index (χ4v) is 1.65. The summed E-state index contributed by atoms with van der Waals surface area (Å²) in [5.74, 6) is -0.881. The number of esters is 1. The molecule has 108 valence electrons. The third-order valence-corrected chi connectivity index (χ3v) is 3.03. The highest BCUT2D eigenvalue weighted by Crippen LogP contribution is 2.17. The number of rotatable bonds is 5. The van der Waals surface area contributed by atoms with E-state index in [1.807, 2.05) is 19.1 Å². The van der Waals surface area contributed by atoms with Crippen LogP contribution in [0.15, 0.2) is 24.3 Å². The lowest BCUT2D eigenvalue weighted by Gasteiger charge is -2.10. The second-order valence-corrected chi connectivity index (χ2v) is 4.72. The molecule has 4 nitrogen and oxygen atoms in total. The molecule has 0 aromatic heterocycles. The molecule has 0 fully saturated rings. The van der Waals surface area contributed by atoms with Gasteiger partial charge < -0.3 is 10.1 Å². The molecule has 1 atom stereocenters. The molecule has 5 heteroatoms. The number of nitrogens with one attached hydrogen (secondary N) is 1. The van der Waals surface area contributed by atoms with Gasteiger partial charge in [0, 0.05) is 17.6 Å². The molecular weight excluding hydrogens is 278 g/mol. The molecule has 20 heavy (non-hydrogen) atoms. The highest BCUT2D eigenvalue weighted by atomic mass is 35.5. The first-order valence-corrected chi connectivity index (χ1v) is 6.74. The molecule has 1 amide bonds. The molecule has 0 aliphatic rings. The molecule has 1 aromatic rings. The summed E-state index contributed by atoms with van der Waals surface area (Å²) < 4.78 is 4.97. The lowest BCUT2D eigenvalue weighted by molar-refractivity contribution is -0.150. The van der Waals surface area contributed by atoms with E-state index < -0.39 is 12.1 Å². The van der Waals surface area contributed by atoms with E-state index >= 15 is 0 Å². The van der Waals surface area contributed by atoms with E-state index in [1.165, 1.54) is 13.0 Å². The Bertz CT molecular complexity index is 526. The maximum Gasteiger partial charge on any atom is 0.331 e. The summed E-state index contributed by atoms with van der Waals surface area (Å²) in [6, 6.07) is 5.47. The number of carbonyl (C=O) groups excluding carboxylic acids is 2. The van der Waals surface area contributed by atoms with Crippen LogP contribution in [0.2, 0.25) is 5.02 Å². The number of halogens is 1. The van der Waals surface area contributed by atoms with Gasteiger partial charge in [0.1, 0.15) is 0 Å². The predicted molar refractivity (Wildman–Crippen MR) is 79.5 cm³/mol. The topological polar surface area (TPSA) is 55.4 Å². The minimum atomic E-state index is -0.811. The van der Waals surface area contributed by atoms with Crippen molar-refractivity contribution in [3.63, 3.8) is 0 Å². The van der Waals surface area contributed by atoms with E-state index in [-0.39, 0.29) is 5.91 Å². The van der Waals surface area contributed by atoms with Crippen molar-refractivity contribution in [1.82, 2.24) is 5.32 Å². The fourth-order valence-electron chi connectivity index (χ4n) is 1.46. The van der Waals surface area contributed by atoms with Gasteiger partial charge in [-0.2, -0.15) is 0 Å². The number of likely N-dealkylation sites (N-methyl/N-ethyl adjacent to an activating group) is 1. The van der Waals surface area contributed by atoms with E-state index in [0.717, 1.165) is 11.1 Å². The Morgan fingerprint density at radius 3 is 2.75 bits per heavy atom. The smallest absolute Gasteiger partial charge is 0.331 e. The van der Waals surface area contributed by atoms with Crippen LogP contribution in [0.3, 0.4) is 0 Å². The van der Waals surface area contributed by atoms with Crippen LogP contribution in [0.5, 0.6) is 0 Å². The Kier molecular flexibility index (Phi) is 6.25. The monoisotopic (exact) mass is 295 g/mol. The Morgan fingerprint density at radius 1 is 1.45 bits per heavy atom. The van der Waals surface area contributed by atoms with Crippen LogP contribution in [0.1, 0.15) is 25.0 Å². The number of ether oxygens (including phenoxy) is 1. The van der Waals surface area contributed by atoms with Crippen molar-refractivity contribution >= 4 is 29.6 Å². The van der Waals surface area contributed by atoms with Crippen molar-refractivity contribution < 1.29 is 14.3 Å². The summed E-state index contributed by atoms with van der Waals surface area (Å²) in [5.41, 5.74) is 1.76. The van der Waals surface area contributed by atoms with Gasteiger partial charge >= 0.3 is 5.97 Å². The van der Waals surface area contributed by atoms with Crippen molar-refractivity contribution in [2.24, 2.45) is 0 Å². The van der Waals surface area contributed by atoms with Crippen LogP contribution >= 0.6 is 11.6 Å². The largest absolute Gasteiger partial charge is 0.449 e. The minimum absolute atomic E-state index is 0.312. The van der Waals surface area contributed by atoms with Gasteiger partial charge in [-0.3, -0.25) is 4.79 Å². The third-order valence-electron chi connectivity index (χ3n) is 2.62. The Morgan fingerprint density at radius 2 is 2.15 bits per heavy atom. The molecule has 0 radical (unpaired) electrons. The number of aryl methyl sites for hydroxylation is 1. The third kappa shape index (κ3) is 5.05. The molecule has 0 saturated carbocycles. The zero-order valence-corrected chi connectivity index (χ0v) is 12.5. The summed E-state index contributed by atoms with van der Waals surface area (Å²) in [7, 11) is 0. The van der Waals surface area contributed by atoms with Gasteiger partial charge in [0.05, 0.1) is 0 Å². The standard InChI is InChI=1S/C15H18ClNO3/c1-4-17-15(19)11(3)20-14(18)8-7-12-6-5-10(2)13(16)9-12/h5-9,11H,4H2,1-3H3,(H,17,19)/b8-7+/t11-/m0/s1. The number of hydrogen-bond acceptors (Lipinski definition) is 3. The highest BCUT2D eigenvalue weighted by Gasteiger charge is 2.14. The van der Waals surface area contributed by atoms with Gasteiger partial charge in [-0.1, -0.05) is 23.7 Å². The van der Waals surface area contributed by atoms with Gasteiger partial charge in [-0.05, 0) is 44.0 Å². The Balaban J connectivity index is 2.59. The highest BCUT2D eigenvalue weighted by molar-refractivity contribution is 6.31. The molecule has 0 aliphatic carbocycles. The number of amides is 1. The molecule has 0 heterocycles. The number of benzene rings is 1. The lowest BCUT2D eigenvalue weighted by Crippen LogP contribution is -2.35. The van der Waals surface area contributed by atoms with Crippen molar-refractivity contribution in [3.05, 3.63) is 40.4 Å². The summed E-state index contributed by atoms with van der Waals surface area (Å²) in [4.78, 5) is 23.0. The summed E-state index contributed by atoms with van der Waals surface area (Å²) in [5, 5.41) is 3.22. The molecule has 0 aliphatic heterocycles. The van der Waals surface area contributed by atoms with E-state index in [4.69, 9.17) is 16.3 Å². The maximum absolute atomic E-state index is 11.6. The first-order chi connectivity index (χ1) is 9.43. The average molecular weight is 296 g/mol. The lowest BCUT2D eigenvalue weighted by atomic mass is 10.1. The van der Waals surface area contributed by atoms with Crippen LogP contribution in [0, 0.1) is 6.92 Å². The minimum Gasteiger partial charge on any atom is -0.449 e. The molecule has 1 rings (SSSR count). The quantitative estimate of drug-likeness (QED) is 0.671. The number of carbonyl (C=O) groups is 2. The van der Waals surface area contributed by atoms with Crippen LogP contribution < -0.4 is 5.32 Å². The first-order valence-electron chi connectivity index (χ1n) is 6.36. The molecule has 1 N–H and O–H groups in total. The maximum atomic E-state index is 11.6. The molecule has 1 aromatic carbocycles. The molecular formula is C15H18ClNO3. The first kappa shape index (κ1) is 16.2. The van der Waals surface area contributed by atoms with Crippen molar-refractivity contribution in [3.8, 4) is 0 Å². The van der Waals surface area contributed by atoms with Gasteiger partial charge in [-0.15, -0.1) is 0 Å². The van der Waals surface area contributed by atoms with Crippen LogP contribution in [0.25, 0.3) is 6.08 Å². The summed E-state index contributed by atoms with van der Waals surface area (Å²) in [6.45, 7) is 5.73. The average Bonchev–Trinajstić information content (AvgIpc) is 2.40. The van der Waals surface area contributed by atoms with Gasteiger partial charge in [0.15, 0.2) is 6.10 Å². The van der Waals surface area contributed by atoms with Crippen LogP contribution in [-0.2, 0) is 14.3 Å². The molecule has 0 saturated heterocycles. The molecule has 0 spiro atoms. The van der Waals surface area contributed by atoms with Crippen molar-refractivity contribution in [2.45, 2.75) is 26.9 Å². The molecule has 0 unspecified atom stereocenters. The van der Waals surface area contributed by atoms with E-state index in [0.29, 0.717) is 11.6 Å². The van der Waals surface area contributed by atoms with Crippen LogP contribution in [-0.4, -0.2) is 24.5 Å². The fraction of sp³-hybridized carbons (Fsp3) is 0.333. The van der Waals surface area contributed by atoms with Crippen LogP contribution in [0.4, 0.5) is 0 Å². The van der Waals surface area contributed by atoms with Gasteiger partial charge in [0.25, 0.3) is 5.91 Å². The predicted octanol–water partition coefficient (Wildman–Crippen LogP) is 2.73. The van der Waals surface area contributed by atoms with E-state index in [2.05, 4.69) is 5.32 Å². The molecule has 0 bridgehead atoms. The van der Waals surface area contributed by atoms with Gasteiger partial charge in [0.2, 0.25) is 0 Å². The van der Waals surface area contributed by atoms with E-state index in [9.17, 15) is 9.59 Å². The second kappa shape index (κ2) is 7.70. The summed E-state index contributed by atoms with van der Waals surface area (Å²) >= 11 is 5.99. The van der Waals surface area contributed by atoms with E-state index in [1.54, 1.807) is 19.1 Å². The normalized spacial score (nSPS) is 12.2. The van der Waals surface area contributed by atoms with Gasteiger partial charge in [-0.25, -0.2) is 4.79 Å².